The predicted octanol–water partition coefficient (Wildman–Crippen LogP) is 4.09. The van der Waals surface area contributed by atoms with Crippen LogP contribution in [-0.4, -0.2) is 62.3 Å². The first-order chi connectivity index (χ1) is 17.7. The zero-order chi connectivity index (χ0) is 28.3. The molecule has 206 valence electrons. The Hall–Kier alpha value is -3.96. The third-order valence-electron chi connectivity index (χ3n) is 5.37. The standard InChI is InChI=1S/C26H39N9O3/c1-14(30-24(36)38-13-25(3,4)5)12-29-23-28-11-10-16(32-23)18-19(35-22(34-18)26(6,7)8)17-15(2)31-20(27)21(33-17)37-9/h10-11,14H,12-13H2,1-9H3,(H2,27,31)(H,30,36)(H,34,35)(H,28,29,32)/t14-/m0/s1. The normalized spacial score (nSPS) is 12.7. The van der Waals surface area contributed by atoms with Crippen LogP contribution in [0.25, 0.3) is 22.8 Å². The van der Waals surface area contributed by atoms with Gasteiger partial charge in [-0.3, -0.25) is 0 Å². The lowest BCUT2D eigenvalue weighted by Crippen LogP contribution is -2.39. The van der Waals surface area contributed by atoms with Crippen LogP contribution in [0.15, 0.2) is 12.3 Å². The van der Waals surface area contributed by atoms with Gasteiger partial charge in [0.05, 0.1) is 30.8 Å². The minimum atomic E-state index is -0.462. The van der Waals surface area contributed by atoms with Gasteiger partial charge in [0.1, 0.15) is 17.2 Å². The topological polar surface area (TPSA) is 166 Å². The minimum Gasteiger partial charge on any atom is -0.478 e. The maximum Gasteiger partial charge on any atom is 0.407 e. The molecule has 3 aromatic heterocycles. The molecular weight excluding hydrogens is 486 g/mol. The molecule has 3 heterocycles. The van der Waals surface area contributed by atoms with E-state index in [0.717, 1.165) is 5.82 Å². The average Bonchev–Trinajstić information content (AvgIpc) is 3.27. The van der Waals surface area contributed by atoms with Gasteiger partial charge >= 0.3 is 6.09 Å². The van der Waals surface area contributed by atoms with Crippen molar-refractivity contribution < 1.29 is 14.3 Å². The van der Waals surface area contributed by atoms with Crippen molar-refractivity contribution in [1.82, 2.24) is 35.2 Å². The number of imidazole rings is 1. The van der Waals surface area contributed by atoms with Gasteiger partial charge in [-0.05, 0) is 25.3 Å². The molecule has 1 atom stereocenters. The van der Waals surface area contributed by atoms with Crippen LogP contribution in [0.2, 0.25) is 0 Å². The van der Waals surface area contributed by atoms with Crippen molar-refractivity contribution in [2.45, 2.75) is 66.8 Å². The van der Waals surface area contributed by atoms with Crippen LogP contribution < -0.4 is 21.1 Å². The number of aromatic amines is 1. The van der Waals surface area contributed by atoms with Crippen LogP contribution in [0, 0.1) is 12.3 Å². The summed E-state index contributed by atoms with van der Waals surface area (Å²) in [5.74, 6) is 1.60. The summed E-state index contributed by atoms with van der Waals surface area (Å²) in [6.07, 6.45) is 1.19. The number of nitrogen functional groups attached to an aromatic ring is 1. The zero-order valence-corrected chi connectivity index (χ0v) is 23.7. The van der Waals surface area contributed by atoms with Gasteiger partial charge in [-0.25, -0.2) is 29.7 Å². The number of H-pyrrole nitrogens is 1. The van der Waals surface area contributed by atoms with Gasteiger partial charge in [0.25, 0.3) is 5.88 Å². The zero-order valence-electron chi connectivity index (χ0n) is 23.7. The molecule has 12 nitrogen and oxygen atoms in total. The number of aromatic nitrogens is 6. The number of nitrogens with two attached hydrogens (primary N) is 1. The lowest BCUT2D eigenvalue weighted by Gasteiger charge is -2.20. The number of ether oxygens (including phenoxy) is 2. The van der Waals surface area contributed by atoms with Gasteiger partial charge in [0, 0.05) is 24.2 Å². The average molecular weight is 526 g/mol. The van der Waals surface area contributed by atoms with E-state index in [1.54, 1.807) is 12.3 Å². The molecule has 0 aliphatic heterocycles. The lowest BCUT2D eigenvalue weighted by atomic mass is 9.96. The summed E-state index contributed by atoms with van der Waals surface area (Å²) < 4.78 is 10.6. The van der Waals surface area contributed by atoms with Crippen LogP contribution in [0.3, 0.4) is 0 Å². The highest BCUT2D eigenvalue weighted by Crippen LogP contribution is 2.34. The van der Waals surface area contributed by atoms with Crippen LogP contribution in [0.5, 0.6) is 5.88 Å². The molecule has 0 fully saturated rings. The summed E-state index contributed by atoms with van der Waals surface area (Å²) in [5.41, 5.74) is 8.61. The molecule has 0 spiro atoms. The highest BCUT2D eigenvalue weighted by atomic mass is 16.5. The Kier molecular flexibility index (Phi) is 8.43. The summed E-state index contributed by atoms with van der Waals surface area (Å²) in [5, 5.41) is 5.98. The summed E-state index contributed by atoms with van der Waals surface area (Å²) in [6, 6.07) is 1.57. The second-order valence-corrected chi connectivity index (χ2v) is 11.4. The van der Waals surface area contributed by atoms with Crippen molar-refractivity contribution in [2.24, 2.45) is 5.41 Å². The molecule has 0 aliphatic rings. The van der Waals surface area contributed by atoms with Crippen molar-refractivity contribution >= 4 is 17.9 Å². The molecule has 3 aromatic rings. The van der Waals surface area contributed by atoms with Crippen LogP contribution in [0.1, 0.15) is 60.0 Å². The van der Waals surface area contributed by atoms with Gasteiger partial charge in [-0.15, -0.1) is 0 Å². The number of rotatable bonds is 8. The molecule has 0 aromatic carbocycles. The Morgan fingerprint density at radius 2 is 1.82 bits per heavy atom. The van der Waals surface area contributed by atoms with Crippen molar-refractivity contribution in [3.8, 4) is 28.7 Å². The fourth-order valence-corrected chi connectivity index (χ4v) is 3.38. The number of anilines is 2. The van der Waals surface area contributed by atoms with Crippen molar-refractivity contribution in [2.75, 3.05) is 31.3 Å². The van der Waals surface area contributed by atoms with E-state index < -0.39 is 6.09 Å². The number of hydrogen-bond donors (Lipinski definition) is 4. The highest BCUT2D eigenvalue weighted by Gasteiger charge is 2.26. The Bertz CT molecular complexity index is 1280. The van der Waals surface area contributed by atoms with Gasteiger partial charge in [-0.2, -0.15) is 0 Å². The maximum absolute atomic E-state index is 12.1. The second kappa shape index (κ2) is 11.2. The molecule has 1 amide bonds. The maximum atomic E-state index is 12.1. The number of alkyl carbamates (subject to hydrolysis) is 1. The SMILES string of the molecule is COc1nc(-c2nc(C(C)(C)C)[nH]c2-c2ccnc(NC[C@H](C)NC(=O)OCC(C)(C)C)n2)c(C)nc1N. The van der Waals surface area contributed by atoms with E-state index in [1.165, 1.54) is 7.11 Å². The second-order valence-electron chi connectivity index (χ2n) is 11.4. The van der Waals surface area contributed by atoms with E-state index in [2.05, 4.69) is 51.3 Å². The Morgan fingerprint density at radius 3 is 2.45 bits per heavy atom. The van der Waals surface area contributed by atoms with E-state index in [1.807, 2.05) is 34.6 Å². The van der Waals surface area contributed by atoms with E-state index in [-0.39, 0.29) is 28.6 Å². The number of carbonyl (C=O) groups excluding carboxylic acids is 1. The summed E-state index contributed by atoms with van der Waals surface area (Å²) in [7, 11) is 1.49. The van der Waals surface area contributed by atoms with Crippen molar-refractivity contribution in [3.63, 3.8) is 0 Å². The lowest BCUT2D eigenvalue weighted by molar-refractivity contribution is 0.104. The number of hydrogen-bond acceptors (Lipinski definition) is 10. The van der Waals surface area contributed by atoms with Crippen LogP contribution in [0.4, 0.5) is 16.6 Å². The van der Waals surface area contributed by atoms with Gasteiger partial charge < -0.3 is 30.8 Å². The molecular formula is C26H39N9O3. The number of methoxy groups -OCH3 is 1. The summed E-state index contributed by atoms with van der Waals surface area (Å²) in [6.45, 7) is 16.6. The fraction of sp³-hybridized carbons (Fsp3) is 0.538. The molecule has 0 bridgehead atoms. The number of carbonyl (C=O) groups is 1. The third kappa shape index (κ3) is 7.30. The quantitative estimate of drug-likeness (QED) is 0.336. The summed E-state index contributed by atoms with van der Waals surface area (Å²) in [4.78, 5) is 38.4. The highest BCUT2D eigenvalue weighted by molar-refractivity contribution is 5.77. The molecule has 0 saturated carbocycles. The molecule has 0 radical (unpaired) electrons. The van der Waals surface area contributed by atoms with E-state index in [4.69, 9.17) is 25.2 Å². The Labute approximate surface area is 223 Å². The monoisotopic (exact) mass is 525 g/mol. The summed E-state index contributed by atoms with van der Waals surface area (Å²) >= 11 is 0. The first-order valence-corrected chi connectivity index (χ1v) is 12.5. The van der Waals surface area contributed by atoms with Crippen molar-refractivity contribution in [1.29, 1.82) is 0 Å². The molecule has 0 unspecified atom stereocenters. The van der Waals surface area contributed by atoms with E-state index in [9.17, 15) is 4.79 Å². The molecule has 0 aliphatic carbocycles. The third-order valence-corrected chi connectivity index (χ3v) is 5.37. The number of amides is 1. The van der Waals surface area contributed by atoms with Gasteiger partial charge in [0.2, 0.25) is 5.95 Å². The van der Waals surface area contributed by atoms with Crippen LogP contribution >= 0.6 is 0 Å². The Balaban J connectivity index is 1.86. The van der Waals surface area contributed by atoms with E-state index >= 15 is 0 Å². The first-order valence-electron chi connectivity index (χ1n) is 12.5. The number of nitrogens with zero attached hydrogens (tertiary/aromatic N) is 5. The number of nitrogens with one attached hydrogen (secondary N) is 3. The van der Waals surface area contributed by atoms with Gasteiger partial charge in [-0.1, -0.05) is 41.5 Å². The van der Waals surface area contributed by atoms with Gasteiger partial charge in [0.15, 0.2) is 5.82 Å². The van der Waals surface area contributed by atoms with E-state index in [0.29, 0.717) is 47.6 Å². The van der Waals surface area contributed by atoms with Crippen molar-refractivity contribution in [3.05, 3.63) is 23.8 Å². The Morgan fingerprint density at radius 1 is 1.11 bits per heavy atom. The molecule has 0 saturated heterocycles. The minimum absolute atomic E-state index is 0.104. The molecule has 3 rings (SSSR count). The number of aryl methyl sites for hydroxylation is 1. The first kappa shape index (κ1) is 28.6. The fourth-order valence-electron chi connectivity index (χ4n) is 3.38. The molecule has 12 heteroatoms. The molecule has 38 heavy (non-hydrogen) atoms. The van der Waals surface area contributed by atoms with Crippen LogP contribution in [-0.2, 0) is 10.2 Å². The molecule has 5 N–H and O–H groups in total. The predicted molar refractivity (Wildman–Crippen MR) is 147 cm³/mol. The smallest absolute Gasteiger partial charge is 0.407 e. The largest absolute Gasteiger partial charge is 0.478 e.